The monoisotopic (exact) mass is 576 g/mol. The fraction of sp³-hybridized carbons (Fsp3) is 0.0952. The van der Waals surface area contributed by atoms with Crippen molar-refractivity contribution in [3.8, 4) is 5.69 Å². The van der Waals surface area contributed by atoms with Gasteiger partial charge in [0.05, 0.1) is 20.8 Å². The third kappa shape index (κ3) is 4.97. The molecule has 3 N–H and O–H groups in total. The van der Waals surface area contributed by atoms with Crippen LogP contribution >= 0.6 is 22.9 Å². The quantitative estimate of drug-likeness (QED) is 0.311. The van der Waals surface area contributed by atoms with Gasteiger partial charge in [-0.25, -0.2) is 26.9 Å². The fourth-order valence-electron chi connectivity index (χ4n) is 3.42. The standard InChI is InChI=1S/C21H13ClF4N4O5S2/c1-27-10-2-3-11-14(8-10)28-20(33)30(19(11)32)17-12(21(24,25)26)6-9(7-13(17)23)18(31)29-37(34,35)16-5-4-15(22)36-16/h2-8,27H,1H3,(H,28,33)(H,29,31). The van der Waals surface area contributed by atoms with Gasteiger partial charge in [-0.2, -0.15) is 13.2 Å². The van der Waals surface area contributed by atoms with Gasteiger partial charge in [-0.15, -0.1) is 11.3 Å². The normalized spacial score (nSPS) is 12.1. The molecule has 16 heteroatoms. The van der Waals surface area contributed by atoms with Gasteiger partial charge in [0.1, 0.15) is 15.7 Å². The van der Waals surface area contributed by atoms with Crippen molar-refractivity contribution in [3.63, 3.8) is 0 Å². The molecule has 2 aromatic carbocycles. The smallest absolute Gasteiger partial charge is 0.388 e. The first-order valence-electron chi connectivity index (χ1n) is 9.93. The molecule has 0 radical (unpaired) electrons. The number of amides is 1. The van der Waals surface area contributed by atoms with E-state index in [0.717, 1.165) is 6.07 Å². The number of rotatable bonds is 5. The number of carbonyl (C=O) groups excluding carboxylic acids is 1. The van der Waals surface area contributed by atoms with E-state index in [1.165, 1.54) is 29.0 Å². The molecule has 4 rings (SSSR count). The number of anilines is 1. The lowest BCUT2D eigenvalue weighted by Gasteiger charge is -2.17. The first kappa shape index (κ1) is 26.4. The Bertz CT molecular complexity index is 1800. The molecule has 0 aliphatic rings. The molecular weight excluding hydrogens is 564 g/mol. The Balaban J connectivity index is 1.88. The third-order valence-corrected chi connectivity index (χ3v) is 8.14. The number of H-pyrrole nitrogens is 1. The zero-order valence-electron chi connectivity index (χ0n) is 18.2. The molecule has 0 unspecified atom stereocenters. The maximum atomic E-state index is 15.2. The number of aromatic amines is 1. The number of carbonyl (C=O) groups is 1. The van der Waals surface area contributed by atoms with Crippen LogP contribution in [0, 0.1) is 5.82 Å². The maximum Gasteiger partial charge on any atom is 0.418 e. The van der Waals surface area contributed by atoms with Gasteiger partial charge in [-0.3, -0.25) is 9.59 Å². The molecular formula is C21H13ClF4N4O5S2. The summed E-state index contributed by atoms with van der Waals surface area (Å²) in [4.78, 5) is 40.3. The Kier molecular flexibility index (Phi) is 6.64. The first-order valence-corrected chi connectivity index (χ1v) is 12.6. The van der Waals surface area contributed by atoms with E-state index in [0.29, 0.717) is 17.0 Å². The minimum Gasteiger partial charge on any atom is -0.388 e. The van der Waals surface area contributed by atoms with Crippen LogP contribution < -0.4 is 21.3 Å². The highest BCUT2D eigenvalue weighted by molar-refractivity contribution is 7.92. The summed E-state index contributed by atoms with van der Waals surface area (Å²) in [5.41, 5.74) is -6.48. The van der Waals surface area contributed by atoms with Crippen LogP contribution in [0.3, 0.4) is 0 Å². The van der Waals surface area contributed by atoms with Crippen molar-refractivity contribution in [3.05, 3.63) is 84.6 Å². The molecule has 0 saturated carbocycles. The molecule has 0 aliphatic carbocycles. The number of aromatic nitrogens is 2. The van der Waals surface area contributed by atoms with Crippen LogP contribution in [0.1, 0.15) is 15.9 Å². The van der Waals surface area contributed by atoms with Crippen LogP contribution in [-0.2, 0) is 16.2 Å². The molecule has 0 bridgehead atoms. The molecule has 0 aliphatic heterocycles. The number of thiophene rings is 1. The van der Waals surface area contributed by atoms with Crippen LogP contribution in [-0.4, -0.2) is 30.9 Å². The lowest BCUT2D eigenvalue weighted by atomic mass is 10.1. The van der Waals surface area contributed by atoms with Crippen molar-refractivity contribution in [1.29, 1.82) is 0 Å². The summed E-state index contributed by atoms with van der Waals surface area (Å²) in [5, 5.41) is 2.55. The summed E-state index contributed by atoms with van der Waals surface area (Å²) >= 11 is 6.25. The molecule has 0 saturated heterocycles. The van der Waals surface area contributed by atoms with Gasteiger partial charge in [-0.1, -0.05) is 11.6 Å². The number of hydrogen-bond donors (Lipinski definition) is 3. The van der Waals surface area contributed by atoms with Gasteiger partial charge in [0.2, 0.25) is 0 Å². The van der Waals surface area contributed by atoms with Gasteiger partial charge >= 0.3 is 11.9 Å². The average molecular weight is 577 g/mol. The van der Waals surface area contributed by atoms with Crippen LogP contribution in [0.2, 0.25) is 4.34 Å². The molecule has 2 heterocycles. The Hall–Kier alpha value is -3.69. The molecule has 0 atom stereocenters. The Morgan fingerprint density at radius 2 is 1.81 bits per heavy atom. The summed E-state index contributed by atoms with van der Waals surface area (Å²) in [6.45, 7) is 0. The van der Waals surface area contributed by atoms with E-state index >= 15 is 4.39 Å². The highest BCUT2D eigenvalue weighted by Crippen LogP contribution is 2.35. The van der Waals surface area contributed by atoms with Crippen LogP contribution in [0.15, 0.2) is 56.3 Å². The minimum absolute atomic E-state index is 0.0121. The first-order chi connectivity index (χ1) is 17.2. The molecule has 0 fully saturated rings. The summed E-state index contributed by atoms with van der Waals surface area (Å²) in [7, 11) is -2.98. The van der Waals surface area contributed by atoms with Crippen LogP contribution in [0.5, 0.6) is 0 Å². The Labute approximate surface area is 213 Å². The topological polar surface area (TPSA) is 130 Å². The van der Waals surface area contributed by atoms with E-state index in [4.69, 9.17) is 11.6 Å². The SMILES string of the molecule is CNc1ccc2c(=O)n(-c3c(F)cc(C(=O)NS(=O)(=O)c4ccc(Cl)s4)cc3C(F)(F)F)c(=O)[nH]c2c1. The number of nitrogens with one attached hydrogen (secondary N) is 3. The van der Waals surface area contributed by atoms with Crippen molar-refractivity contribution in [2.75, 3.05) is 12.4 Å². The highest BCUT2D eigenvalue weighted by atomic mass is 35.5. The summed E-state index contributed by atoms with van der Waals surface area (Å²) in [6.07, 6.45) is -5.36. The second-order valence-corrected chi connectivity index (χ2v) is 11.1. The molecule has 9 nitrogen and oxygen atoms in total. The summed E-state index contributed by atoms with van der Waals surface area (Å²) in [6, 6.07) is 6.72. The number of hydrogen-bond acceptors (Lipinski definition) is 7. The zero-order valence-corrected chi connectivity index (χ0v) is 20.6. The third-order valence-electron chi connectivity index (χ3n) is 5.08. The molecule has 4 aromatic rings. The van der Waals surface area contributed by atoms with E-state index in [2.05, 4.69) is 10.3 Å². The number of benzene rings is 2. The Morgan fingerprint density at radius 1 is 1.11 bits per heavy atom. The number of nitrogens with zero attached hydrogens (tertiary/aromatic N) is 1. The average Bonchev–Trinajstić information content (AvgIpc) is 3.25. The summed E-state index contributed by atoms with van der Waals surface area (Å²) in [5.74, 6) is -3.35. The van der Waals surface area contributed by atoms with E-state index in [1.807, 2.05) is 0 Å². The number of fused-ring (bicyclic) bond motifs is 1. The molecule has 194 valence electrons. The predicted molar refractivity (Wildman–Crippen MR) is 129 cm³/mol. The molecule has 2 aromatic heterocycles. The molecule has 37 heavy (non-hydrogen) atoms. The van der Waals surface area contributed by atoms with Gasteiger partial charge in [-0.05, 0) is 42.5 Å². The number of halogens is 5. The van der Waals surface area contributed by atoms with Gasteiger partial charge < -0.3 is 10.3 Å². The summed E-state index contributed by atoms with van der Waals surface area (Å²) < 4.78 is 82.9. The van der Waals surface area contributed by atoms with Crippen molar-refractivity contribution in [2.45, 2.75) is 10.4 Å². The second kappa shape index (κ2) is 9.32. The van der Waals surface area contributed by atoms with Gasteiger partial charge in [0.15, 0.2) is 0 Å². The van der Waals surface area contributed by atoms with E-state index in [9.17, 15) is 36.0 Å². The highest BCUT2D eigenvalue weighted by Gasteiger charge is 2.38. The lowest BCUT2D eigenvalue weighted by molar-refractivity contribution is -0.137. The number of sulfonamides is 1. The van der Waals surface area contributed by atoms with Gasteiger partial charge in [0.25, 0.3) is 21.5 Å². The van der Waals surface area contributed by atoms with Crippen LogP contribution in [0.4, 0.5) is 23.2 Å². The minimum atomic E-state index is -5.36. The maximum absolute atomic E-state index is 15.2. The van der Waals surface area contributed by atoms with Crippen LogP contribution in [0.25, 0.3) is 16.6 Å². The van der Waals surface area contributed by atoms with Crippen molar-refractivity contribution >= 4 is 55.5 Å². The zero-order chi connectivity index (χ0) is 27.3. The van der Waals surface area contributed by atoms with E-state index in [1.54, 1.807) is 7.05 Å². The van der Waals surface area contributed by atoms with E-state index in [-0.39, 0.29) is 31.9 Å². The lowest BCUT2D eigenvalue weighted by Crippen LogP contribution is -2.36. The van der Waals surface area contributed by atoms with Crippen molar-refractivity contribution in [1.82, 2.24) is 14.3 Å². The van der Waals surface area contributed by atoms with Crippen molar-refractivity contribution in [2.24, 2.45) is 0 Å². The predicted octanol–water partition coefficient (Wildman–Crippen LogP) is 3.71. The second-order valence-electron chi connectivity index (χ2n) is 7.43. The molecule has 0 spiro atoms. The van der Waals surface area contributed by atoms with Gasteiger partial charge in [0, 0.05) is 18.3 Å². The fourth-order valence-corrected chi connectivity index (χ4v) is 5.88. The van der Waals surface area contributed by atoms with E-state index < -0.39 is 60.2 Å². The Morgan fingerprint density at radius 3 is 2.41 bits per heavy atom. The largest absolute Gasteiger partial charge is 0.418 e. The van der Waals surface area contributed by atoms with Crippen molar-refractivity contribution < 1.29 is 30.8 Å². The molecule has 1 amide bonds. The number of alkyl halides is 3.